The maximum atomic E-state index is 5.53. The summed E-state index contributed by atoms with van der Waals surface area (Å²) in [6, 6.07) is 6.83. The number of halogens is 1. The molecule has 1 aliphatic carbocycles. The maximum Gasteiger partial charge on any atom is 0.123 e. The molecule has 0 bridgehead atoms. The minimum atomic E-state index is 0.283. The topological polar surface area (TPSA) is 24.5 Å². The summed E-state index contributed by atoms with van der Waals surface area (Å²) in [5.41, 5.74) is 1.55. The van der Waals surface area contributed by atoms with Crippen LogP contribution in [0.5, 0.6) is 5.75 Å². The van der Waals surface area contributed by atoms with E-state index in [1.54, 1.807) is 7.11 Å². The van der Waals surface area contributed by atoms with Crippen molar-refractivity contribution in [1.82, 2.24) is 10.2 Å². The van der Waals surface area contributed by atoms with E-state index in [4.69, 9.17) is 4.74 Å². The SMILES string of the molecule is COc1ccc(Br)cc1CN1CC(C)(C2CC2)NCC1C. The molecule has 1 aliphatic heterocycles. The Kier molecular flexibility index (Phi) is 4.30. The van der Waals surface area contributed by atoms with Crippen molar-refractivity contribution in [2.24, 2.45) is 5.92 Å². The van der Waals surface area contributed by atoms with Crippen LogP contribution in [0.25, 0.3) is 0 Å². The number of rotatable bonds is 4. The molecular formula is C17H25BrN2O. The molecule has 116 valence electrons. The summed E-state index contributed by atoms with van der Waals surface area (Å²) in [5, 5.41) is 3.78. The van der Waals surface area contributed by atoms with E-state index in [1.165, 1.54) is 18.4 Å². The highest BCUT2D eigenvalue weighted by Gasteiger charge is 2.45. The lowest BCUT2D eigenvalue weighted by atomic mass is 9.91. The second-order valence-corrected chi connectivity index (χ2v) is 7.70. The molecule has 2 aliphatic rings. The Balaban J connectivity index is 1.77. The molecule has 4 heteroatoms. The molecule has 0 spiro atoms. The Morgan fingerprint density at radius 1 is 1.43 bits per heavy atom. The number of hydrogen-bond donors (Lipinski definition) is 1. The van der Waals surface area contributed by atoms with Gasteiger partial charge in [0.1, 0.15) is 5.75 Å². The normalized spacial score (nSPS) is 30.4. The van der Waals surface area contributed by atoms with Crippen molar-refractivity contribution in [3.05, 3.63) is 28.2 Å². The van der Waals surface area contributed by atoms with Crippen LogP contribution in [0.4, 0.5) is 0 Å². The molecule has 1 N–H and O–H groups in total. The Hall–Kier alpha value is -0.580. The third-order valence-corrected chi connectivity index (χ3v) is 5.54. The Labute approximate surface area is 136 Å². The minimum Gasteiger partial charge on any atom is -0.496 e. The van der Waals surface area contributed by atoms with Crippen molar-refractivity contribution < 1.29 is 4.74 Å². The van der Waals surface area contributed by atoms with Crippen LogP contribution in [-0.4, -0.2) is 36.7 Å². The second-order valence-electron chi connectivity index (χ2n) is 6.78. The summed E-state index contributed by atoms with van der Waals surface area (Å²) in [6.07, 6.45) is 2.76. The van der Waals surface area contributed by atoms with Gasteiger partial charge in [-0.05, 0) is 50.8 Å². The Morgan fingerprint density at radius 2 is 2.19 bits per heavy atom. The van der Waals surface area contributed by atoms with Gasteiger partial charge in [-0.25, -0.2) is 0 Å². The van der Waals surface area contributed by atoms with Crippen LogP contribution in [0.15, 0.2) is 22.7 Å². The van der Waals surface area contributed by atoms with E-state index in [2.05, 4.69) is 46.1 Å². The first-order valence-electron chi connectivity index (χ1n) is 7.83. The highest BCUT2D eigenvalue weighted by Crippen LogP contribution is 2.41. The summed E-state index contributed by atoms with van der Waals surface area (Å²) < 4.78 is 6.64. The predicted octanol–water partition coefficient (Wildman–Crippen LogP) is 3.42. The van der Waals surface area contributed by atoms with Crippen molar-refractivity contribution in [3.63, 3.8) is 0 Å². The number of piperazine rings is 1. The number of hydrogen-bond acceptors (Lipinski definition) is 3. The number of benzene rings is 1. The summed E-state index contributed by atoms with van der Waals surface area (Å²) in [5.74, 6) is 1.84. The van der Waals surface area contributed by atoms with E-state index >= 15 is 0 Å². The smallest absolute Gasteiger partial charge is 0.123 e. The van der Waals surface area contributed by atoms with Crippen LogP contribution in [0.3, 0.4) is 0 Å². The third kappa shape index (κ3) is 3.27. The fourth-order valence-electron chi connectivity index (χ4n) is 3.44. The largest absolute Gasteiger partial charge is 0.496 e. The predicted molar refractivity (Wildman–Crippen MR) is 89.7 cm³/mol. The lowest BCUT2D eigenvalue weighted by molar-refractivity contribution is 0.0763. The third-order valence-electron chi connectivity index (χ3n) is 5.05. The van der Waals surface area contributed by atoms with E-state index in [0.29, 0.717) is 6.04 Å². The molecule has 1 aromatic carbocycles. The molecule has 0 amide bonds. The molecule has 2 atom stereocenters. The van der Waals surface area contributed by atoms with Crippen LogP contribution in [0.2, 0.25) is 0 Å². The van der Waals surface area contributed by atoms with Gasteiger partial charge in [-0.1, -0.05) is 15.9 Å². The van der Waals surface area contributed by atoms with Gasteiger partial charge >= 0.3 is 0 Å². The van der Waals surface area contributed by atoms with Crippen molar-refractivity contribution in [2.75, 3.05) is 20.2 Å². The van der Waals surface area contributed by atoms with Gasteiger partial charge in [-0.2, -0.15) is 0 Å². The molecular weight excluding hydrogens is 328 g/mol. The van der Waals surface area contributed by atoms with Crippen molar-refractivity contribution in [1.29, 1.82) is 0 Å². The maximum absolute atomic E-state index is 5.53. The summed E-state index contributed by atoms with van der Waals surface area (Å²) in [4.78, 5) is 2.60. The zero-order valence-electron chi connectivity index (χ0n) is 13.2. The minimum absolute atomic E-state index is 0.283. The molecule has 21 heavy (non-hydrogen) atoms. The lowest BCUT2D eigenvalue weighted by Gasteiger charge is -2.45. The quantitative estimate of drug-likeness (QED) is 0.898. The van der Waals surface area contributed by atoms with Gasteiger partial charge in [-0.3, -0.25) is 4.90 Å². The average molecular weight is 353 g/mol. The van der Waals surface area contributed by atoms with Crippen LogP contribution in [0.1, 0.15) is 32.3 Å². The summed E-state index contributed by atoms with van der Waals surface area (Å²) in [7, 11) is 1.75. The number of methoxy groups -OCH3 is 1. The molecule has 2 fully saturated rings. The van der Waals surface area contributed by atoms with E-state index in [9.17, 15) is 0 Å². The van der Waals surface area contributed by atoms with Gasteiger partial charge in [0.05, 0.1) is 7.11 Å². The van der Waals surface area contributed by atoms with E-state index in [-0.39, 0.29) is 5.54 Å². The zero-order chi connectivity index (χ0) is 15.0. The highest BCUT2D eigenvalue weighted by atomic mass is 79.9. The Bertz CT molecular complexity index is 518. The first kappa shape index (κ1) is 15.3. The average Bonchev–Trinajstić information content (AvgIpc) is 3.28. The molecule has 1 aromatic rings. The fraction of sp³-hybridized carbons (Fsp3) is 0.647. The van der Waals surface area contributed by atoms with Crippen LogP contribution < -0.4 is 10.1 Å². The molecule has 1 heterocycles. The summed E-state index contributed by atoms with van der Waals surface area (Å²) in [6.45, 7) is 7.84. The van der Waals surface area contributed by atoms with Gasteiger partial charge < -0.3 is 10.1 Å². The van der Waals surface area contributed by atoms with Crippen molar-refractivity contribution >= 4 is 15.9 Å². The van der Waals surface area contributed by atoms with Crippen molar-refractivity contribution in [3.8, 4) is 5.75 Å². The van der Waals surface area contributed by atoms with Gasteiger partial charge in [0.25, 0.3) is 0 Å². The van der Waals surface area contributed by atoms with Gasteiger partial charge in [0.2, 0.25) is 0 Å². The van der Waals surface area contributed by atoms with Crippen LogP contribution in [0, 0.1) is 5.92 Å². The second kappa shape index (κ2) is 5.90. The zero-order valence-corrected chi connectivity index (χ0v) is 14.7. The monoisotopic (exact) mass is 352 g/mol. The first-order valence-corrected chi connectivity index (χ1v) is 8.62. The van der Waals surface area contributed by atoms with E-state index in [1.807, 2.05) is 12.1 Å². The molecule has 2 unspecified atom stereocenters. The molecule has 3 nitrogen and oxygen atoms in total. The number of nitrogens with zero attached hydrogens (tertiary/aromatic N) is 1. The molecule has 0 aromatic heterocycles. The number of nitrogens with one attached hydrogen (secondary N) is 1. The molecule has 1 saturated carbocycles. The molecule has 0 radical (unpaired) electrons. The van der Waals surface area contributed by atoms with Crippen LogP contribution >= 0.6 is 15.9 Å². The lowest BCUT2D eigenvalue weighted by Crippen LogP contribution is -2.62. The highest BCUT2D eigenvalue weighted by molar-refractivity contribution is 9.10. The van der Waals surface area contributed by atoms with Gasteiger partial charge in [0, 0.05) is 41.3 Å². The first-order chi connectivity index (χ1) is 10.0. The number of ether oxygens (including phenoxy) is 1. The van der Waals surface area contributed by atoms with E-state index in [0.717, 1.165) is 35.8 Å². The van der Waals surface area contributed by atoms with E-state index < -0.39 is 0 Å². The van der Waals surface area contributed by atoms with Crippen LogP contribution in [-0.2, 0) is 6.54 Å². The van der Waals surface area contributed by atoms with Gasteiger partial charge in [0.15, 0.2) is 0 Å². The van der Waals surface area contributed by atoms with Gasteiger partial charge in [-0.15, -0.1) is 0 Å². The van der Waals surface area contributed by atoms with Crippen molar-refractivity contribution in [2.45, 2.75) is 44.8 Å². The summed E-state index contributed by atoms with van der Waals surface area (Å²) >= 11 is 3.57. The molecule has 1 saturated heterocycles. The molecule has 3 rings (SSSR count). The Morgan fingerprint density at radius 3 is 2.86 bits per heavy atom. The fourth-order valence-corrected chi connectivity index (χ4v) is 3.85. The standard InChI is InChI=1S/C17H25BrN2O/c1-12-9-19-17(2,14-4-5-14)11-20(12)10-13-8-15(18)6-7-16(13)21-3/h6-8,12,14,19H,4-5,9-11H2,1-3H3.